The number of para-hydroxylation sites is 1. The third-order valence-electron chi connectivity index (χ3n) is 3.97. The average Bonchev–Trinajstić information content (AvgIpc) is 2.63. The van der Waals surface area contributed by atoms with Crippen LogP contribution in [0.15, 0.2) is 58.7 Å². The van der Waals surface area contributed by atoms with E-state index in [2.05, 4.69) is 21.1 Å². The Bertz CT molecular complexity index is 890. The summed E-state index contributed by atoms with van der Waals surface area (Å²) >= 11 is 0. The lowest BCUT2D eigenvalue weighted by Gasteiger charge is -2.19. The Kier molecular flexibility index (Phi) is 5.02. The van der Waals surface area contributed by atoms with E-state index in [4.69, 9.17) is 0 Å². The van der Waals surface area contributed by atoms with Crippen LogP contribution >= 0.6 is 0 Å². The second-order valence-electron chi connectivity index (χ2n) is 5.90. The molecule has 132 valence electrons. The van der Waals surface area contributed by atoms with Crippen molar-refractivity contribution < 1.29 is 9.72 Å². The van der Waals surface area contributed by atoms with Crippen molar-refractivity contribution in [2.75, 3.05) is 5.43 Å². The van der Waals surface area contributed by atoms with Crippen LogP contribution in [0, 0.1) is 16.0 Å². The van der Waals surface area contributed by atoms with Crippen LogP contribution in [-0.2, 0) is 4.79 Å². The van der Waals surface area contributed by atoms with E-state index in [1.807, 2.05) is 31.2 Å². The molecule has 3 rings (SSSR count). The lowest BCUT2D eigenvalue weighted by atomic mass is 9.94. The van der Waals surface area contributed by atoms with Crippen LogP contribution in [0.1, 0.15) is 24.5 Å². The number of rotatable bonds is 5. The molecule has 0 radical (unpaired) electrons. The van der Waals surface area contributed by atoms with Gasteiger partial charge in [-0.25, -0.2) is 5.43 Å². The van der Waals surface area contributed by atoms with Crippen molar-refractivity contribution >= 4 is 29.2 Å². The second kappa shape index (κ2) is 7.56. The van der Waals surface area contributed by atoms with E-state index < -0.39 is 4.92 Å². The third-order valence-corrected chi connectivity index (χ3v) is 3.97. The fraction of sp³-hybridized carbons (Fsp3) is 0.167. The Labute approximate surface area is 149 Å². The number of nitro benzene ring substituents is 1. The number of carbonyl (C=O) groups excluding carboxylic acids is 1. The Hall–Kier alpha value is -3.55. The molecule has 0 spiro atoms. The van der Waals surface area contributed by atoms with Gasteiger partial charge in [0.2, 0.25) is 5.91 Å². The predicted octanol–water partition coefficient (Wildman–Crippen LogP) is 2.90. The highest BCUT2D eigenvalue weighted by Crippen LogP contribution is 2.19. The minimum Gasteiger partial charge on any atom is -0.279 e. The minimum atomic E-state index is -0.443. The molecule has 0 aromatic heterocycles. The molecule has 1 unspecified atom stereocenters. The molecule has 8 heteroatoms. The van der Waals surface area contributed by atoms with Gasteiger partial charge in [-0.15, -0.1) is 0 Å². The zero-order valence-electron chi connectivity index (χ0n) is 14.0. The standard InChI is InChI=1S/C18H17N5O3/c1-12-10-17(24)21-22-18(12)13-6-8-15(9-7-13)20-19-11-14-4-2-3-5-16(14)23(25)26/h2-9,11-12,20H,10H2,1H3,(H,21,24)/b19-11-. The lowest BCUT2D eigenvalue weighted by Crippen LogP contribution is -2.31. The summed E-state index contributed by atoms with van der Waals surface area (Å²) in [5, 5.41) is 19.2. The first-order valence-corrected chi connectivity index (χ1v) is 8.04. The van der Waals surface area contributed by atoms with Crippen LogP contribution in [0.2, 0.25) is 0 Å². The van der Waals surface area contributed by atoms with Crippen molar-refractivity contribution in [3.63, 3.8) is 0 Å². The number of carbonyl (C=O) groups is 1. The molecule has 2 aromatic rings. The van der Waals surface area contributed by atoms with Gasteiger partial charge < -0.3 is 0 Å². The number of nitro groups is 1. The zero-order valence-corrected chi connectivity index (χ0v) is 14.0. The normalized spacial score (nSPS) is 16.9. The Morgan fingerprint density at radius 3 is 2.69 bits per heavy atom. The van der Waals surface area contributed by atoms with Gasteiger partial charge in [0.05, 0.1) is 28.1 Å². The molecule has 1 heterocycles. The molecule has 0 aliphatic carbocycles. The molecule has 1 aliphatic heterocycles. The largest absolute Gasteiger partial charge is 0.279 e. The summed E-state index contributed by atoms with van der Waals surface area (Å²) in [4.78, 5) is 21.9. The summed E-state index contributed by atoms with van der Waals surface area (Å²) in [5.41, 5.74) is 8.25. The Morgan fingerprint density at radius 2 is 2.00 bits per heavy atom. The highest BCUT2D eigenvalue weighted by atomic mass is 16.6. The van der Waals surface area contributed by atoms with Crippen molar-refractivity contribution in [3.8, 4) is 0 Å². The summed E-state index contributed by atoms with van der Waals surface area (Å²) in [6.45, 7) is 1.96. The van der Waals surface area contributed by atoms with Crippen LogP contribution in [0.3, 0.4) is 0 Å². The first-order valence-electron chi connectivity index (χ1n) is 8.04. The topological polar surface area (TPSA) is 109 Å². The van der Waals surface area contributed by atoms with Crippen LogP contribution < -0.4 is 10.9 Å². The van der Waals surface area contributed by atoms with E-state index >= 15 is 0 Å². The van der Waals surface area contributed by atoms with Gasteiger partial charge in [-0.3, -0.25) is 20.3 Å². The molecule has 1 amide bonds. The van der Waals surface area contributed by atoms with Crippen molar-refractivity contribution in [1.29, 1.82) is 0 Å². The van der Waals surface area contributed by atoms with Gasteiger partial charge in [0.15, 0.2) is 0 Å². The molecule has 0 saturated heterocycles. The number of benzene rings is 2. The fourth-order valence-corrected chi connectivity index (χ4v) is 2.66. The lowest BCUT2D eigenvalue weighted by molar-refractivity contribution is -0.385. The number of hydrazone groups is 2. The maximum absolute atomic E-state index is 11.3. The maximum atomic E-state index is 11.3. The van der Waals surface area contributed by atoms with Crippen molar-refractivity contribution in [3.05, 3.63) is 69.8 Å². The number of hydrogen-bond acceptors (Lipinski definition) is 6. The summed E-state index contributed by atoms with van der Waals surface area (Å²) in [6, 6.07) is 13.8. The highest BCUT2D eigenvalue weighted by molar-refractivity contribution is 6.05. The fourth-order valence-electron chi connectivity index (χ4n) is 2.66. The van der Waals surface area contributed by atoms with E-state index in [-0.39, 0.29) is 17.5 Å². The molecule has 0 bridgehead atoms. The number of nitrogens with zero attached hydrogens (tertiary/aromatic N) is 3. The smallest absolute Gasteiger partial charge is 0.278 e. The highest BCUT2D eigenvalue weighted by Gasteiger charge is 2.21. The maximum Gasteiger partial charge on any atom is 0.278 e. The number of anilines is 1. The van der Waals surface area contributed by atoms with Gasteiger partial charge in [0.1, 0.15) is 0 Å². The molecule has 1 aliphatic rings. The number of hydrogen-bond donors (Lipinski definition) is 2. The van der Waals surface area contributed by atoms with Crippen molar-refractivity contribution in [2.24, 2.45) is 16.1 Å². The summed E-state index contributed by atoms with van der Waals surface area (Å²) in [7, 11) is 0. The average molecular weight is 351 g/mol. The summed E-state index contributed by atoms with van der Waals surface area (Å²) < 4.78 is 0. The number of amides is 1. The van der Waals surface area contributed by atoms with Gasteiger partial charge in [-0.05, 0) is 23.8 Å². The van der Waals surface area contributed by atoms with Gasteiger partial charge in [0, 0.05) is 18.4 Å². The summed E-state index contributed by atoms with van der Waals surface area (Å²) in [6.07, 6.45) is 1.83. The monoisotopic (exact) mass is 351 g/mol. The van der Waals surface area contributed by atoms with E-state index in [0.717, 1.165) is 17.0 Å². The molecule has 26 heavy (non-hydrogen) atoms. The summed E-state index contributed by atoms with van der Waals surface area (Å²) in [5.74, 6) is -0.0249. The molecule has 2 aromatic carbocycles. The molecule has 0 saturated carbocycles. The van der Waals surface area contributed by atoms with Crippen molar-refractivity contribution in [2.45, 2.75) is 13.3 Å². The first-order chi connectivity index (χ1) is 12.5. The molecule has 0 fully saturated rings. The van der Waals surface area contributed by atoms with Gasteiger partial charge in [-0.1, -0.05) is 31.2 Å². The molecule has 1 atom stereocenters. The van der Waals surface area contributed by atoms with Gasteiger partial charge in [0.25, 0.3) is 5.69 Å². The van der Waals surface area contributed by atoms with E-state index in [9.17, 15) is 14.9 Å². The first kappa shape index (κ1) is 17.3. The SMILES string of the molecule is CC1CC(=O)NN=C1c1ccc(N/N=C\c2ccccc2[N+](=O)[O-])cc1. The van der Waals surface area contributed by atoms with E-state index in [1.165, 1.54) is 12.3 Å². The van der Waals surface area contributed by atoms with Crippen LogP contribution in [0.5, 0.6) is 0 Å². The quantitative estimate of drug-likeness (QED) is 0.490. The van der Waals surface area contributed by atoms with Crippen LogP contribution in [0.25, 0.3) is 0 Å². The van der Waals surface area contributed by atoms with Crippen LogP contribution in [-0.4, -0.2) is 22.8 Å². The number of nitrogens with one attached hydrogen (secondary N) is 2. The zero-order chi connectivity index (χ0) is 18.5. The minimum absolute atomic E-state index is 0.000238. The predicted molar refractivity (Wildman–Crippen MR) is 99.2 cm³/mol. The Morgan fingerprint density at radius 1 is 1.27 bits per heavy atom. The Balaban J connectivity index is 1.69. The molecule has 2 N–H and O–H groups in total. The van der Waals surface area contributed by atoms with Gasteiger partial charge in [-0.2, -0.15) is 10.2 Å². The third kappa shape index (κ3) is 3.92. The van der Waals surface area contributed by atoms with Gasteiger partial charge >= 0.3 is 0 Å². The van der Waals surface area contributed by atoms with Crippen molar-refractivity contribution in [1.82, 2.24) is 5.43 Å². The van der Waals surface area contributed by atoms with Crippen LogP contribution in [0.4, 0.5) is 11.4 Å². The molecular formula is C18H17N5O3. The molecule has 8 nitrogen and oxygen atoms in total. The van der Waals surface area contributed by atoms with E-state index in [1.54, 1.807) is 18.2 Å². The molecular weight excluding hydrogens is 334 g/mol. The van der Waals surface area contributed by atoms with E-state index in [0.29, 0.717) is 12.0 Å². The second-order valence-corrected chi connectivity index (χ2v) is 5.90.